The van der Waals surface area contributed by atoms with Crippen molar-refractivity contribution < 1.29 is 9.53 Å². The van der Waals surface area contributed by atoms with Crippen LogP contribution in [0.2, 0.25) is 0 Å². The monoisotopic (exact) mass is 248 g/mol. The van der Waals surface area contributed by atoms with E-state index in [1.54, 1.807) is 6.92 Å². The van der Waals surface area contributed by atoms with Crippen LogP contribution in [0.1, 0.15) is 25.3 Å². The number of nitrogens with two attached hydrogens (primary N) is 1. The first-order chi connectivity index (χ1) is 8.70. The standard InChI is InChI=1S/C14H20N2O2/c1-11(14(17)16-8-2-3-9-16)18-13-6-4-12(10-15)5-7-13/h4-7,11H,2-3,8-10,15H2,1H3. The van der Waals surface area contributed by atoms with Crippen LogP contribution in [0.15, 0.2) is 24.3 Å². The third-order valence-electron chi connectivity index (χ3n) is 3.24. The number of hydrogen-bond donors (Lipinski definition) is 1. The minimum atomic E-state index is -0.424. The molecule has 18 heavy (non-hydrogen) atoms. The molecule has 4 nitrogen and oxygen atoms in total. The van der Waals surface area contributed by atoms with Gasteiger partial charge in [-0.05, 0) is 37.5 Å². The molecule has 1 aromatic carbocycles. The smallest absolute Gasteiger partial charge is 0.263 e. The quantitative estimate of drug-likeness (QED) is 0.879. The molecule has 0 radical (unpaired) electrons. The fourth-order valence-corrected chi connectivity index (χ4v) is 2.15. The number of benzene rings is 1. The zero-order chi connectivity index (χ0) is 13.0. The summed E-state index contributed by atoms with van der Waals surface area (Å²) in [5.74, 6) is 0.794. The van der Waals surface area contributed by atoms with Crippen molar-refractivity contribution in [1.82, 2.24) is 4.90 Å². The van der Waals surface area contributed by atoms with Crippen molar-refractivity contribution in [3.8, 4) is 5.75 Å². The molecule has 0 aromatic heterocycles. The second kappa shape index (κ2) is 5.87. The predicted molar refractivity (Wildman–Crippen MR) is 70.2 cm³/mol. The Balaban J connectivity index is 1.92. The number of nitrogens with zero attached hydrogens (tertiary/aromatic N) is 1. The highest BCUT2D eigenvalue weighted by atomic mass is 16.5. The molecule has 1 atom stereocenters. The summed E-state index contributed by atoms with van der Waals surface area (Å²) in [6.45, 7) is 4.04. The molecule has 4 heteroatoms. The van der Waals surface area contributed by atoms with Gasteiger partial charge >= 0.3 is 0 Å². The topological polar surface area (TPSA) is 55.6 Å². The van der Waals surface area contributed by atoms with E-state index in [-0.39, 0.29) is 5.91 Å². The third-order valence-corrected chi connectivity index (χ3v) is 3.24. The summed E-state index contributed by atoms with van der Waals surface area (Å²) in [4.78, 5) is 13.9. The molecule has 1 unspecified atom stereocenters. The summed E-state index contributed by atoms with van der Waals surface area (Å²) >= 11 is 0. The highest BCUT2D eigenvalue weighted by molar-refractivity contribution is 5.81. The van der Waals surface area contributed by atoms with Crippen LogP contribution in [-0.4, -0.2) is 30.0 Å². The van der Waals surface area contributed by atoms with Crippen molar-refractivity contribution in [2.45, 2.75) is 32.4 Å². The van der Waals surface area contributed by atoms with Crippen molar-refractivity contribution in [3.63, 3.8) is 0 Å². The average molecular weight is 248 g/mol. The van der Waals surface area contributed by atoms with Crippen LogP contribution in [0.4, 0.5) is 0 Å². The zero-order valence-electron chi connectivity index (χ0n) is 10.8. The van der Waals surface area contributed by atoms with Gasteiger partial charge in [-0.15, -0.1) is 0 Å². The number of ether oxygens (including phenoxy) is 1. The Bertz CT molecular complexity index is 397. The number of carbonyl (C=O) groups excluding carboxylic acids is 1. The Morgan fingerprint density at radius 2 is 1.94 bits per heavy atom. The highest BCUT2D eigenvalue weighted by Crippen LogP contribution is 2.16. The van der Waals surface area contributed by atoms with Gasteiger partial charge in [0.2, 0.25) is 0 Å². The SMILES string of the molecule is CC(Oc1ccc(CN)cc1)C(=O)N1CCCC1. The Hall–Kier alpha value is -1.55. The van der Waals surface area contributed by atoms with E-state index in [1.807, 2.05) is 29.2 Å². The van der Waals surface area contributed by atoms with Crippen LogP contribution in [0, 0.1) is 0 Å². The van der Waals surface area contributed by atoms with Gasteiger partial charge in [0.15, 0.2) is 6.10 Å². The van der Waals surface area contributed by atoms with Crippen LogP contribution >= 0.6 is 0 Å². The van der Waals surface area contributed by atoms with Gasteiger partial charge in [0, 0.05) is 19.6 Å². The Morgan fingerprint density at radius 1 is 1.33 bits per heavy atom. The van der Waals surface area contributed by atoms with E-state index in [2.05, 4.69) is 0 Å². The molecule has 0 bridgehead atoms. The Kier molecular flexibility index (Phi) is 4.20. The lowest BCUT2D eigenvalue weighted by Crippen LogP contribution is -2.38. The van der Waals surface area contributed by atoms with Gasteiger partial charge < -0.3 is 15.4 Å². The molecule has 1 aliphatic heterocycles. The summed E-state index contributed by atoms with van der Waals surface area (Å²) in [5.41, 5.74) is 6.59. The molecule has 2 rings (SSSR count). The van der Waals surface area contributed by atoms with E-state index < -0.39 is 6.10 Å². The van der Waals surface area contributed by atoms with Crippen LogP contribution in [0.3, 0.4) is 0 Å². The summed E-state index contributed by atoms with van der Waals surface area (Å²) in [6, 6.07) is 7.55. The first-order valence-corrected chi connectivity index (χ1v) is 6.45. The first kappa shape index (κ1) is 12.9. The van der Waals surface area contributed by atoms with E-state index >= 15 is 0 Å². The van der Waals surface area contributed by atoms with Crippen molar-refractivity contribution in [1.29, 1.82) is 0 Å². The van der Waals surface area contributed by atoms with Gasteiger partial charge in [-0.3, -0.25) is 4.79 Å². The molecule has 1 saturated heterocycles. The van der Waals surface area contributed by atoms with E-state index in [9.17, 15) is 4.79 Å². The van der Waals surface area contributed by atoms with Gasteiger partial charge in [0.25, 0.3) is 5.91 Å². The van der Waals surface area contributed by atoms with E-state index in [0.29, 0.717) is 12.3 Å². The number of carbonyl (C=O) groups is 1. The van der Waals surface area contributed by atoms with Gasteiger partial charge in [0.05, 0.1) is 0 Å². The normalized spacial score (nSPS) is 16.7. The van der Waals surface area contributed by atoms with Gasteiger partial charge in [-0.1, -0.05) is 12.1 Å². The van der Waals surface area contributed by atoms with Crippen LogP contribution < -0.4 is 10.5 Å². The second-order valence-electron chi connectivity index (χ2n) is 4.64. The van der Waals surface area contributed by atoms with Gasteiger partial charge in [-0.25, -0.2) is 0 Å². The zero-order valence-corrected chi connectivity index (χ0v) is 10.8. The molecule has 98 valence electrons. The van der Waals surface area contributed by atoms with Crippen LogP contribution in [0.25, 0.3) is 0 Å². The molecule has 0 saturated carbocycles. The maximum absolute atomic E-state index is 12.1. The van der Waals surface area contributed by atoms with Crippen molar-refractivity contribution in [2.75, 3.05) is 13.1 Å². The largest absolute Gasteiger partial charge is 0.481 e. The van der Waals surface area contributed by atoms with Gasteiger partial charge in [0.1, 0.15) is 5.75 Å². The van der Waals surface area contributed by atoms with Crippen molar-refractivity contribution >= 4 is 5.91 Å². The maximum Gasteiger partial charge on any atom is 0.263 e. The summed E-state index contributed by atoms with van der Waals surface area (Å²) < 4.78 is 5.66. The first-order valence-electron chi connectivity index (χ1n) is 6.45. The molecule has 1 amide bonds. The number of hydrogen-bond acceptors (Lipinski definition) is 3. The van der Waals surface area contributed by atoms with Crippen LogP contribution in [0.5, 0.6) is 5.75 Å². The molecule has 1 fully saturated rings. The summed E-state index contributed by atoms with van der Waals surface area (Å²) in [5, 5.41) is 0. The van der Waals surface area contributed by atoms with Gasteiger partial charge in [-0.2, -0.15) is 0 Å². The lowest BCUT2D eigenvalue weighted by molar-refractivity contribution is -0.136. The minimum Gasteiger partial charge on any atom is -0.481 e. The Morgan fingerprint density at radius 3 is 2.50 bits per heavy atom. The van der Waals surface area contributed by atoms with Crippen molar-refractivity contribution in [3.05, 3.63) is 29.8 Å². The molecule has 2 N–H and O–H groups in total. The molecule has 0 aliphatic carbocycles. The molecule has 0 spiro atoms. The minimum absolute atomic E-state index is 0.0791. The van der Waals surface area contributed by atoms with E-state index in [1.165, 1.54) is 0 Å². The lowest BCUT2D eigenvalue weighted by atomic mass is 10.2. The van der Waals surface area contributed by atoms with Crippen LogP contribution in [-0.2, 0) is 11.3 Å². The average Bonchev–Trinajstić information content (AvgIpc) is 2.92. The number of amides is 1. The number of rotatable bonds is 4. The molecule has 1 aromatic rings. The fraction of sp³-hybridized carbons (Fsp3) is 0.500. The lowest BCUT2D eigenvalue weighted by Gasteiger charge is -2.21. The molecule has 1 heterocycles. The molecule has 1 aliphatic rings. The Labute approximate surface area is 108 Å². The summed E-state index contributed by atoms with van der Waals surface area (Å²) in [6.07, 6.45) is 1.78. The molecular formula is C14H20N2O2. The second-order valence-corrected chi connectivity index (χ2v) is 4.64. The van der Waals surface area contributed by atoms with E-state index in [4.69, 9.17) is 10.5 Å². The molecular weight excluding hydrogens is 228 g/mol. The maximum atomic E-state index is 12.1. The predicted octanol–water partition coefficient (Wildman–Crippen LogP) is 1.54. The highest BCUT2D eigenvalue weighted by Gasteiger charge is 2.24. The van der Waals surface area contributed by atoms with E-state index in [0.717, 1.165) is 31.5 Å². The fourth-order valence-electron chi connectivity index (χ4n) is 2.15. The number of likely N-dealkylation sites (tertiary alicyclic amines) is 1. The summed E-state index contributed by atoms with van der Waals surface area (Å²) in [7, 11) is 0. The third kappa shape index (κ3) is 3.01. The van der Waals surface area contributed by atoms with Crippen molar-refractivity contribution in [2.24, 2.45) is 5.73 Å².